The van der Waals surface area contributed by atoms with Gasteiger partial charge in [-0.15, -0.1) is 11.8 Å². The van der Waals surface area contributed by atoms with Crippen LogP contribution in [-0.4, -0.2) is 95.6 Å². The van der Waals surface area contributed by atoms with Crippen LogP contribution in [-0.2, 0) is 38.1 Å². The van der Waals surface area contributed by atoms with Crippen molar-refractivity contribution in [1.29, 1.82) is 0 Å². The van der Waals surface area contributed by atoms with Gasteiger partial charge in [0.2, 0.25) is 0 Å². The third-order valence-corrected chi connectivity index (χ3v) is 14.2. The van der Waals surface area contributed by atoms with Crippen LogP contribution in [0.25, 0.3) is 0 Å². The zero-order chi connectivity index (χ0) is 39.7. The first-order valence-electron chi connectivity index (χ1n) is 19.2. The molecule has 4 fully saturated rings. The number of benzene rings is 2. The second-order valence-electron chi connectivity index (χ2n) is 16.8. The summed E-state index contributed by atoms with van der Waals surface area (Å²) in [5.41, 5.74) is -2.96. The maximum atomic E-state index is 15.3. The van der Waals surface area contributed by atoms with Crippen LogP contribution in [0.3, 0.4) is 0 Å². The van der Waals surface area contributed by atoms with Crippen LogP contribution in [0.5, 0.6) is 5.75 Å². The smallest absolute Gasteiger partial charge is 0.336 e. The fraction of sp³-hybridized carbons (Fsp3) is 0.605. The van der Waals surface area contributed by atoms with Gasteiger partial charge in [-0.3, -0.25) is 9.59 Å². The van der Waals surface area contributed by atoms with E-state index in [1.807, 2.05) is 81.6 Å². The predicted molar refractivity (Wildman–Crippen MR) is 204 cm³/mol. The van der Waals surface area contributed by atoms with Crippen molar-refractivity contribution in [3.05, 3.63) is 76.9 Å². The van der Waals surface area contributed by atoms with Gasteiger partial charge in [0, 0.05) is 81.1 Å². The van der Waals surface area contributed by atoms with Crippen molar-refractivity contribution < 1.29 is 97.1 Å². The van der Waals surface area contributed by atoms with Crippen molar-refractivity contribution in [2.24, 2.45) is 22.7 Å². The van der Waals surface area contributed by atoms with Crippen molar-refractivity contribution in [3.8, 4) is 5.75 Å². The quantitative estimate of drug-likeness (QED) is 0.180. The van der Waals surface area contributed by atoms with E-state index in [9.17, 15) is 19.8 Å². The molecule has 0 amide bonds. The van der Waals surface area contributed by atoms with Crippen LogP contribution in [0.4, 0.5) is 0 Å². The molecule has 12 atom stereocenters. The fourth-order valence-electron chi connectivity index (χ4n) is 10.9. The fourth-order valence-corrected chi connectivity index (χ4v) is 11.2. The molecule has 2 aromatic carbocycles. The van der Waals surface area contributed by atoms with Crippen LogP contribution >= 0.6 is 11.8 Å². The third kappa shape index (κ3) is 6.96. The number of Topliss-reactive ketones (excluding diaryl/α,β-unsaturated/α-hetero) is 1. The normalized spacial score (nSPS) is 38.5. The Labute approximate surface area is 369 Å². The molecule has 2 bridgehead atoms. The Hall–Kier alpha value is -1.82. The molecule has 301 valence electrons. The summed E-state index contributed by atoms with van der Waals surface area (Å²) >= 11 is 1.46. The number of methoxy groups -OCH3 is 1. The summed E-state index contributed by atoms with van der Waals surface area (Å²) in [4.78, 5) is 42.8. The minimum atomic E-state index is -1.67. The van der Waals surface area contributed by atoms with Gasteiger partial charge in [-0.2, -0.15) is 0 Å². The number of thioether (sulfide) groups is 1. The molecule has 11 nitrogen and oxygen atoms in total. The predicted octanol–water partition coefficient (Wildman–Crippen LogP) is 5.71. The van der Waals surface area contributed by atoms with Crippen molar-refractivity contribution >= 4 is 29.5 Å². The zero-order valence-corrected chi connectivity index (χ0v) is 39.0. The molecule has 5 aliphatic rings. The van der Waals surface area contributed by atoms with Gasteiger partial charge < -0.3 is 38.6 Å². The summed E-state index contributed by atoms with van der Waals surface area (Å²) in [6, 6.07) is 17.3. The maximum absolute atomic E-state index is 15.3. The number of carbonyl (C=O) groups excluding carboxylic acids is 3. The van der Waals surface area contributed by atoms with E-state index in [0.717, 1.165) is 11.1 Å². The SMILES string of the molecule is COc1ccc([C@@H]2C[C@@H](c3ccccc3)C(C(=O)OC3CC4(O)[C@@H](C)C5C6(O)COC6CC(OCSC)[C@@]5(C)C(=O)C(OC(C)=O)C(=C3C)C4(C)C)O2)cc1.[Ac]. The average molecular weight is 1010 g/mol. The summed E-state index contributed by atoms with van der Waals surface area (Å²) in [6.45, 7) is 10.3. The Morgan fingerprint density at radius 3 is 2.25 bits per heavy atom. The molecule has 56 heavy (non-hydrogen) atoms. The molecule has 13 heteroatoms. The van der Waals surface area contributed by atoms with E-state index in [0.29, 0.717) is 29.3 Å². The number of ketones is 1. The molecule has 2 aliphatic heterocycles. The largest absolute Gasteiger partial charge is 0.497 e. The molecule has 8 unspecified atom stereocenters. The second kappa shape index (κ2) is 16.3. The topological polar surface area (TPSA) is 147 Å². The van der Waals surface area contributed by atoms with Crippen LogP contribution in [0.1, 0.15) is 84.0 Å². The number of ether oxygens (including phenoxy) is 6. The van der Waals surface area contributed by atoms with Crippen LogP contribution < -0.4 is 4.74 Å². The van der Waals surface area contributed by atoms with E-state index in [-0.39, 0.29) is 69.4 Å². The van der Waals surface area contributed by atoms with Gasteiger partial charge in [0.05, 0.1) is 49.0 Å². The minimum Gasteiger partial charge on any atom is -0.497 e. The summed E-state index contributed by atoms with van der Waals surface area (Å²) in [7, 11) is 1.60. The van der Waals surface area contributed by atoms with E-state index >= 15 is 4.79 Å². The van der Waals surface area contributed by atoms with Gasteiger partial charge in [-0.1, -0.05) is 63.2 Å². The zero-order valence-electron chi connectivity index (χ0n) is 33.5. The van der Waals surface area contributed by atoms with Gasteiger partial charge in [0.25, 0.3) is 0 Å². The van der Waals surface area contributed by atoms with E-state index in [4.69, 9.17) is 28.4 Å². The van der Waals surface area contributed by atoms with Crippen molar-refractivity contribution in [2.45, 2.75) is 115 Å². The molecule has 7 rings (SSSR count). The number of rotatable bonds is 9. The summed E-state index contributed by atoms with van der Waals surface area (Å²) in [5, 5.41) is 25.7. The van der Waals surface area contributed by atoms with Gasteiger partial charge in [0.1, 0.15) is 17.5 Å². The number of esters is 2. The summed E-state index contributed by atoms with van der Waals surface area (Å²) < 4.78 is 36.6. The average Bonchev–Trinajstić information content (AvgIpc) is 3.61. The molecule has 2 N–H and O–H groups in total. The molecule has 2 saturated heterocycles. The van der Waals surface area contributed by atoms with Crippen molar-refractivity contribution in [3.63, 3.8) is 0 Å². The van der Waals surface area contributed by atoms with E-state index in [1.54, 1.807) is 21.0 Å². The number of hydrogen-bond donors (Lipinski definition) is 2. The Balaban J connectivity index is 0.00000532. The van der Waals surface area contributed by atoms with Gasteiger partial charge in [-0.25, -0.2) is 4.79 Å². The second-order valence-corrected chi connectivity index (χ2v) is 17.7. The Bertz CT molecular complexity index is 1840. The first-order chi connectivity index (χ1) is 26.0. The Kier molecular flexibility index (Phi) is 12.8. The number of carbonyl (C=O) groups is 3. The van der Waals surface area contributed by atoms with E-state index < -0.39 is 88.2 Å². The standard InChI is InChI=1S/C43H54O11S.Ac/c1-23-31(54-39(46)35-29(26-12-10-9-11-13-26)18-30(53-35)27-14-16-28(49-7)17-15-27)20-43(48)24(2)37-41(6,32(51-22-55-8)19-33-42(37,47)21-50-33)38(45)36(52-25(3)44)34(23)40(43,4)5;/h9-17,24,29-33,35-37,47-48H,18-22H2,1-8H3;/t24-,29-,30-,31?,32?,33?,35?,36?,37?,41+,42?,43?;/m0./s1. The third-order valence-electron chi connectivity index (χ3n) is 13.8. The van der Waals surface area contributed by atoms with Crippen LogP contribution in [0, 0.1) is 66.7 Å². The van der Waals surface area contributed by atoms with Crippen molar-refractivity contribution in [2.75, 3.05) is 25.9 Å². The van der Waals surface area contributed by atoms with E-state index in [1.165, 1.54) is 18.7 Å². The monoisotopic (exact) mass is 1010 g/mol. The maximum Gasteiger partial charge on any atom is 0.336 e. The Morgan fingerprint density at radius 2 is 1.66 bits per heavy atom. The molecule has 2 heterocycles. The first-order valence-corrected chi connectivity index (χ1v) is 20.6. The molecule has 3 aliphatic carbocycles. The van der Waals surface area contributed by atoms with Gasteiger partial charge >= 0.3 is 11.9 Å². The molecule has 0 spiro atoms. The van der Waals surface area contributed by atoms with Gasteiger partial charge in [-0.05, 0) is 66.8 Å². The van der Waals surface area contributed by atoms with Crippen LogP contribution in [0.2, 0.25) is 0 Å². The molecular weight excluding hydrogens is 952 g/mol. The van der Waals surface area contributed by atoms with Crippen molar-refractivity contribution in [1.82, 2.24) is 0 Å². The number of hydrogen-bond acceptors (Lipinski definition) is 12. The van der Waals surface area contributed by atoms with E-state index in [2.05, 4.69) is 0 Å². The molecule has 2 saturated carbocycles. The van der Waals surface area contributed by atoms with Gasteiger partial charge in [0.15, 0.2) is 18.0 Å². The first kappa shape index (κ1) is 43.8. The summed E-state index contributed by atoms with van der Waals surface area (Å²) in [5.74, 6) is -2.64. The molecular formula is C43H54AcO11S. The molecule has 1 radical (unpaired) electrons. The van der Waals surface area contributed by atoms with Crippen LogP contribution in [0.15, 0.2) is 65.7 Å². The molecule has 2 aromatic rings. The minimum absolute atomic E-state index is 0. The summed E-state index contributed by atoms with van der Waals surface area (Å²) in [6.07, 6.45) is -2.49. The number of aliphatic hydroxyl groups is 2. The Morgan fingerprint density at radius 1 is 0.982 bits per heavy atom. The number of fused-ring (bicyclic) bond motifs is 5. The molecule has 0 aromatic heterocycles.